The number of nitrogens with zero attached hydrogens (tertiary/aromatic N) is 2. The first-order valence-electron chi connectivity index (χ1n) is 7.54. The molecule has 7 heteroatoms. The average Bonchev–Trinajstić information content (AvgIpc) is 2.51. The maximum Gasteiger partial charge on any atom is 0.318 e. The minimum absolute atomic E-state index is 0.0139. The van der Waals surface area contributed by atoms with Gasteiger partial charge >= 0.3 is 5.69 Å². The van der Waals surface area contributed by atoms with E-state index in [0.29, 0.717) is 5.75 Å². The highest BCUT2D eigenvalue weighted by atomic mass is 16.6. The van der Waals surface area contributed by atoms with Crippen LogP contribution in [-0.4, -0.2) is 9.85 Å². The number of hydrogen-bond acceptors (Lipinski definition) is 5. The topological polar surface area (TPSA) is 95.5 Å². The third kappa shape index (κ3) is 3.68. The van der Waals surface area contributed by atoms with Gasteiger partial charge in [-0.2, -0.15) is 0 Å². The first kappa shape index (κ1) is 17.4. The van der Waals surface area contributed by atoms with Crippen molar-refractivity contribution in [3.05, 3.63) is 67.3 Å². The summed E-state index contributed by atoms with van der Waals surface area (Å²) in [7, 11) is 0. The average molecular weight is 330 g/mol. The van der Waals surface area contributed by atoms with Crippen LogP contribution in [0.2, 0.25) is 0 Å². The molecule has 0 aliphatic heterocycles. The van der Waals surface area contributed by atoms with Gasteiger partial charge < -0.3 is 4.74 Å². The van der Waals surface area contributed by atoms with E-state index in [1.54, 1.807) is 0 Å². The lowest BCUT2D eigenvalue weighted by Crippen LogP contribution is -1.99. The molecule has 24 heavy (non-hydrogen) atoms. The molecule has 0 atom stereocenters. The van der Waals surface area contributed by atoms with Crippen LogP contribution in [-0.2, 0) is 6.42 Å². The first-order valence-corrected chi connectivity index (χ1v) is 7.54. The Morgan fingerprint density at radius 3 is 2.12 bits per heavy atom. The molecular weight excluding hydrogens is 312 g/mol. The molecule has 0 amide bonds. The molecule has 0 aliphatic carbocycles. The summed E-state index contributed by atoms with van der Waals surface area (Å²) in [5.74, 6) is 0.520. The van der Waals surface area contributed by atoms with Crippen molar-refractivity contribution in [3.8, 4) is 11.5 Å². The number of ether oxygens (including phenoxy) is 1. The van der Waals surface area contributed by atoms with Gasteiger partial charge in [-0.1, -0.05) is 25.5 Å². The van der Waals surface area contributed by atoms with Crippen molar-refractivity contribution in [2.75, 3.05) is 0 Å². The molecule has 2 rings (SSSR count). The molecule has 0 heterocycles. The molecule has 0 radical (unpaired) electrons. The second-order valence-electron chi connectivity index (χ2n) is 5.58. The summed E-state index contributed by atoms with van der Waals surface area (Å²) in [6.07, 6.45) is 1.96. The molecule has 0 unspecified atom stereocenters. The standard InChI is InChI=1S/C17H18N2O5/c1-4-5-13-8-11(2)17(12(3)9-13)24-16-7-6-14(18(20)21)10-15(16)19(22)23/h6-10H,4-5H2,1-3H3. The second kappa shape index (κ2) is 7.08. The summed E-state index contributed by atoms with van der Waals surface area (Å²) < 4.78 is 5.74. The molecule has 0 fully saturated rings. The predicted molar refractivity (Wildman–Crippen MR) is 89.7 cm³/mol. The Labute approximate surface area is 139 Å². The number of rotatable bonds is 6. The number of benzene rings is 2. The van der Waals surface area contributed by atoms with Gasteiger partial charge in [0, 0.05) is 6.07 Å². The van der Waals surface area contributed by atoms with Crippen molar-refractivity contribution < 1.29 is 14.6 Å². The summed E-state index contributed by atoms with van der Waals surface area (Å²) in [6.45, 7) is 5.84. The van der Waals surface area contributed by atoms with Gasteiger partial charge in [0.15, 0.2) is 0 Å². The Morgan fingerprint density at radius 2 is 1.62 bits per heavy atom. The van der Waals surface area contributed by atoms with Crippen LogP contribution in [0.15, 0.2) is 30.3 Å². The minimum Gasteiger partial charge on any atom is -0.450 e. The second-order valence-corrected chi connectivity index (χ2v) is 5.58. The lowest BCUT2D eigenvalue weighted by molar-refractivity contribution is -0.394. The molecule has 126 valence electrons. The molecule has 0 spiro atoms. The van der Waals surface area contributed by atoms with Gasteiger partial charge in [0.05, 0.1) is 15.9 Å². The van der Waals surface area contributed by atoms with Crippen molar-refractivity contribution >= 4 is 11.4 Å². The minimum atomic E-state index is -0.682. The first-order chi connectivity index (χ1) is 11.3. The monoisotopic (exact) mass is 330 g/mol. The van der Waals surface area contributed by atoms with E-state index in [2.05, 4.69) is 6.92 Å². The summed E-state index contributed by atoms with van der Waals surface area (Å²) in [4.78, 5) is 20.6. The molecule has 2 aromatic carbocycles. The molecule has 0 aromatic heterocycles. The SMILES string of the molecule is CCCc1cc(C)c(Oc2ccc([N+](=O)[O-])cc2[N+](=O)[O-])c(C)c1. The van der Waals surface area contributed by atoms with E-state index < -0.39 is 15.5 Å². The van der Waals surface area contributed by atoms with Crippen LogP contribution in [0.5, 0.6) is 11.5 Å². The van der Waals surface area contributed by atoms with Crippen molar-refractivity contribution in [2.24, 2.45) is 0 Å². The zero-order valence-corrected chi connectivity index (χ0v) is 13.7. The fourth-order valence-electron chi connectivity index (χ4n) is 2.59. The molecule has 7 nitrogen and oxygen atoms in total. The Kier molecular flexibility index (Phi) is 5.13. The smallest absolute Gasteiger partial charge is 0.318 e. The fourth-order valence-corrected chi connectivity index (χ4v) is 2.59. The van der Waals surface area contributed by atoms with Gasteiger partial charge in [-0.05, 0) is 43.0 Å². The van der Waals surface area contributed by atoms with Crippen LogP contribution < -0.4 is 4.74 Å². The summed E-state index contributed by atoms with van der Waals surface area (Å²) in [6, 6.07) is 7.34. The van der Waals surface area contributed by atoms with Crippen LogP contribution in [0.25, 0.3) is 0 Å². The molecular formula is C17H18N2O5. The predicted octanol–water partition coefficient (Wildman–Crippen LogP) is 4.86. The molecule has 0 N–H and O–H groups in total. The largest absolute Gasteiger partial charge is 0.450 e. The van der Waals surface area contributed by atoms with Crippen LogP contribution in [0.3, 0.4) is 0 Å². The maximum atomic E-state index is 11.2. The number of nitro benzene ring substituents is 2. The zero-order valence-electron chi connectivity index (χ0n) is 13.7. The van der Waals surface area contributed by atoms with E-state index in [4.69, 9.17) is 4.74 Å². The number of aryl methyl sites for hydroxylation is 3. The lowest BCUT2D eigenvalue weighted by atomic mass is 10.0. The van der Waals surface area contributed by atoms with Crippen molar-refractivity contribution in [1.82, 2.24) is 0 Å². The lowest BCUT2D eigenvalue weighted by Gasteiger charge is -2.13. The highest BCUT2D eigenvalue weighted by Gasteiger charge is 2.22. The van der Waals surface area contributed by atoms with Crippen LogP contribution in [0.1, 0.15) is 30.0 Å². The Morgan fingerprint density at radius 1 is 1.00 bits per heavy atom. The Bertz CT molecular complexity index is 779. The Balaban J connectivity index is 2.44. The number of hydrogen-bond donors (Lipinski definition) is 0. The summed E-state index contributed by atoms with van der Waals surface area (Å²) >= 11 is 0. The normalized spacial score (nSPS) is 10.5. The number of nitro groups is 2. The van der Waals surface area contributed by atoms with E-state index >= 15 is 0 Å². The van der Waals surface area contributed by atoms with E-state index in [1.165, 1.54) is 17.7 Å². The molecule has 0 saturated carbocycles. The fraction of sp³-hybridized carbons (Fsp3) is 0.294. The Hall–Kier alpha value is -2.96. The van der Waals surface area contributed by atoms with Gasteiger partial charge in [0.2, 0.25) is 5.75 Å². The molecule has 0 bridgehead atoms. The highest BCUT2D eigenvalue weighted by Crippen LogP contribution is 2.37. The van der Waals surface area contributed by atoms with Crippen LogP contribution in [0, 0.1) is 34.1 Å². The van der Waals surface area contributed by atoms with E-state index in [0.717, 1.165) is 30.0 Å². The van der Waals surface area contributed by atoms with E-state index in [1.807, 2.05) is 26.0 Å². The van der Waals surface area contributed by atoms with Gasteiger partial charge in [0.25, 0.3) is 5.69 Å². The van der Waals surface area contributed by atoms with Crippen molar-refractivity contribution in [3.63, 3.8) is 0 Å². The highest BCUT2D eigenvalue weighted by molar-refractivity contribution is 5.56. The van der Waals surface area contributed by atoms with E-state index in [9.17, 15) is 20.2 Å². The third-order valence-electron chi connectivity index (χ3n) is 3.62. The van der Waals surface area contributed by atoms with Crippen molar-refractivity contribution in [1.29, 1.82) is 0 Å². The molecule has 0 saturated heterocycles. The van der Waals surface area contributed by atoms with Gasteiger partial charge in [-0.25, -0.2) is 0 Å². The summed E-state index contributed by atoms with van der Waals surface area (Å²) in [5.41, 5.74) is 2.14. The molecule has 0 aliphatic rings. The molecule has 2 aromatic rings. The van der Waals surface area contributed by atoms with E-state index in [-0.39, 0.29) is 11.4 Å². The van der Waals surface area contributed by atoms with Gasteiger partial charge in [-0.15, -0.1) is 0 Å². The van der Waals surface area contributed by atoms with Gasteiger partial charge in [0.1, 0.15) is 5.75 Å². The zero-order chi connectivity index (χ0) is 17.9. The van der Waals surface area contributed by atoms with Gasteiger partial charge in [-0.3, -0.25) is 20.2 Å². The van der Waals surface area contributed by atoms with Crippen molar-refractivity contribution in [2.45, 2.75) is 33.6 Å². The summed E-state index contributed by atoms with van der Waals surface area (Å²) in [5, 5.41) is 22.0. The number of non-ortho nitro benzene ring substituents is 1. The van der Waals surface area contributed by atoms with Crippen LogP contribution >= 0.6 is 0 Å². The maximum absolute atomic E-state index is 11.2. The quantitative estimate of drug-likeness (QED) is 0.556. The van der Waals surface area contributed by atoms with Crippen LogP contribution in [0.4, 0.5) is 11.4 Å². The third-order valence-corrected chi connectivity index (χ3v) is 3.62.